The summed E-state index contributed by atoms with van der Waals surface area (Å²) in [5.74, 6) is -6.25. The standard InChI is InChI=1S/C14H13F3N4O4/c15-14(16,17)9-6-19(5-8(9)12(23)24)11(22)7-21-13(25)20-4-2-1-3-10(20)18-21/h1-4,8-9H,5-7H2,(H,23,24)/t8-,9-/m1/s1. The van der Waals surface area contributed by atoms with Crippen LogP contribution < -0.4 is 5.69 Å². The molecule has 2 atom stereocenters. The number of amides is 1. The Morgan fingerprint density at radius 1 is 1.28 bits per heavy atom. The summed E-state index contributed by atoms with van der Waals surface area (Å²) in [6.07, 6.45) is -3.28. The SMILES string of the molecule is O=C(O)[C@@H]1CN(C(=O)Cn2nc3ccccn3c2=O)C[C@H]1C(F)(F)F. The van der Waals surface area contributed by atoms with E-state index in [1.807, 2.05) is 0 Å². The molecule has 0 bridgehead atoms. The Hall–Kier alpha value is -2.85. The lowest BCUT2D eigenvalue weighted by molar-refractivity contribution is -0.188. The summed E-state index contributed by atoms with van der Waals surface area (Å²) in [5.41, 5.74) is -0.316. The van der Waals surface area contributed by atoms with Crippen molar-refractivity contribution in [1.82, 2.24) is 19.1 Å². The molecule has 0 aromatic carbocycles. The molecule has 1 fully saturated rings. The second-order valence-corrected chi connectivity index (χ2v) is 5.76. The van der Waals surface area contributed by atoms with E-state index in [1.54, 1.807) is 18.2 Å². The van der Waals surface area contributed by atoms with Crippen molar-refractivity contribution in [2.75, 3.05) is 13.1 Å². The van der Waals surface area contributed by atoms with Crippen LogP contribution in [0.2, 0.25) is 0 Å². The average molecular weight is 358 g/mol. The summed E-state index contributed by atoms with van der Waals surface area (Å²) in [5, 5.41) is 12.9. The van der Waals surface area contributed by atoms with E-state index in [1.165, 1.54) is 10.6 Å². The zero-order valence-corrected chi connectivity index (χ0v) is 12.7. The first kappa shape index (κ1) is 17.0. The maximum absolute atomic E-state index is 13.0. The molecule has 25 heavy (non-hydrogen) atoms. The molecule has 1 aliphatic rings. The van der Waals surface area contributed by atoms with E-state index >= 15 is 0 Å². The first-order valence-corrected chi connectivity index (χ1v) is 7.30. The van der Waals surface area contributed by atoms with Crippen LogP contribution in [-0.4, -0.2) is 55.3 Å². The number of carbonyl (C=O) groups excluding carboxylic acids is 1. The highest BCUT2D eigenvalue weighted by Crippen LogP contribution is 2.37. The molecule has 134 valence electrons. The van der Waals surface area contributed by atoms with Crippen LogP contribution in [-0.2, 0) is 16.1 Å². The number of carbonyl (C=O) groups is 2. The lowest BCUT2D eigenvalue weighted by atomic mass is 9.96. The third kappa shape index (κ3) is 3.08. The van der Waals surface area contributed by atoms with Gasteiger partial charge in [0.2, 0.25) is 5.91 Å². The van der Waals surface area contributed by atoms with Gasteiger partial charge in [0.05, 0.1) is 11.8 Å². The van der Waals surface area contributed by atoms with E-state index in [2.05, 4.69) is 5.10 Å². The van der Waals surface area contributed by atoms with Crippen molar-refractivity contribution < 1.29 is 27.9 Å². The smallest absolute Gasteiger partial charge is 0.394 e. The van der Waals surface area contributed by atoms with Gasteiger partial charge in [0.25, 0.3) is 0 Å². The van der Waals surface area contributed by atoms with Crippen molar-refractivity contribution in [3.63, 3.8) is 0 Å². The average Bonchev–Trinajstić information content (AvgIpc) is 3.11. The lowest BCUT2D eigenvalue weighted by Gasteiger charge is -2.18. The van der Waals surface area contributed by atoms with E-state index in [9.17, 15) is 27.6 Å². The topological polar surface area (TPSA) is 96.9 Å². The normalized spacial score (nSPS) is 21.0. The number of likely N-dealkylation sites (tertiary alicyclic amines) is 1. The Balaban J connectivity index is 1.80. The fourth-order valence-electron chi connectivity index (χ4n) is 2.89. The van der Waals surface area contributed by atoms with Crippen LogP contribution in [0.5, 0.6) is 0 Å². The van der Waals surface area contributed by atoms with Crippen molar-refractivity contribution >= 4 is 17.5 Å². The van der Waals surface area contributed by atoms with Crippen LogP contribution in [0.25, 0.3) is 5.65 Å². The molecule has 11 heteroatoms. The molecule has 3 rings (SSSR count). The van der Waals surface area contributed by atoms with Gasteiger partial charge in [-0.2, -0.15) is 13.2 Å². The highest BCUT2D eigenvalue weighted by Gasteiger charge is 2.53. The Kier molecular flexibility index (Phi) is 4.01. The minimum atomic E-state index is -4.72. The quantitative estimate of drug-likeness (QED) is 0.847. The fourth-order valence-corrected chi connectivity index (χ4v) is 2.89. The Morgan fingerprint density at radius 2 is 2.00 bits per heavy atom. The third-order valence-electron chi connectivity index (χ3n) is 4.18. The van der Waals surface area contributed by atoms with Crippen molar-refractivity contribution in [3.8, 4) is 0 Å². The van der Waals surface area contributed by atoms with Crippen LogP contribution in [0, 0.1) is 11.8 Å². The molecular formula is C14H13F3N4O4. The first-order chi connectivity index (χ1) is 11.7. The van der Waals surface area contributed by atoms with E-state index in [0.29, 0.717) is 5.65 Å². The van der Waals surface area contributed by atoms with Gasteiger partial charge >= 0.3 is 17.8 Å². The predicted octanol–water partition coefficient (Wildman–Crippen LogP) is 0.217. The maximum Gasteiger partial charge on any atom is 0.394 e. The summed E-state index contributed by atoms with van der Waals surface area (Å²) in [7, 11) is 0. The Labute approximate surface area is 138 Å². The molecule has 2 aromatic heterocycles. The number of hydrogen-bond donors (Lipinski definition) is 1. The van der Waals surface area contributed by atoms with Crippen molar-refractivity contribution in [1.29, 1.82) is 0 Å². The molecule has 0 unspecified atom stereocenters. The van der Waals surface area contributed by atoms with E-state index in [-0.39, 0.29) is 0 Å². The molecule has 8 nitrogen and oxygen atoms in total. The van der Waals surface area contributed by atoms with Gasteiger partial charge in [0.15, 0.2) is 5.65 Å². The van der Waals surface area contributed by atoms with E-state index in [4.69, 9.17) is 5.11 Å². The Morgan fingerprint density at radius 3 is 2.56 bits per heavy atom. The zero-order chi connectivity index (χ0) is 18.4. The number of nitrogens with zero attached hydrogens (tertiary/aromatic N) is 4. The number of alkyl halides is 3. The summed E-state index contributed by atoms with van der Waals surface area (Å²) >= 11 is 0. The van der Waals surface area contributed by atoms with Gasteiger partial charge in [-0.1, -0.05) is 6.07 Å². The molecule has 1 saturated heterocycles. The summed E-state index contributed by atoms with van der Waals surface area (Å²) in [6.45, 7) is -1.86. The largest absolute Gasteiger partial charge is 0.481 e. The van der Waals surface area contributed by atoms with Gasteiger partial charge < -0.3 is 10.0 Å². The molecule has 2 aromatic rings. The highest BCUT2D eigenvalue weighted by atomic mass is 19.4. The number of fused-ring (bicyclic) bond motifs is 1. The minimum absolute atomic E-state index is 0.290. The molecule has 1 N–H and O–H groups in total. The molecule has 0 radical (unpaired) electrons. The summed E-state index contributed by atoms with van der Waals surface area (Å²) < 4.78 is 40.9. The van der Waals surface area contributed by atoms with Gasteiger partial charge in [0.1, 0.15) is 6.54 Å². The predicted molar refractivity (Wildman–Crippen MR) is 76.7 cm³/mol. The highest BCUT2D eigenvalue weighted by molar-refractivity contribution is 5.79. The van der Waals surface area contributed by atoms with E-state index < -0.39 is 55.2 Å². The molecule has 0 saturated carbocycles. The second kappa shape index (κ2) is 5.90. The molecule has 0 spiro atoms. The van der Waals surface area contributed by atoms with Crippen LogP contribution >= 0.6 is 0 Å². The number of aliphatic carboxylic acids is 1. The number of carboxylic acids is 1. The van der Waals surface area contributed by atoms with Gasteiger partial charge in [-0.3, -0.25) is 14.0 Å². The first-order valence-electron chi connectivity index (χ1n) is 7.30. The molecule has 1 amide bonds. The summed E-state index contributed by atoms with van der Waals surface area (Å²) in [6, 6.07) is 4.77. The Bertz CT molecular complexity index is 888. The zero-order valence-electron chi connectivity index (χ0n) is 12.7. The monoisotopic (exact) mass is 358 g/mol. The van der Waals surface area contributed by atoms with E-state index in [0.717, 1.165) is 9.58 Å². The fraction of sp³-hybridized carbons (Fsp3) is 0.429. The minimum Gasteiger partial charge on any atom is -0.481 e. The number of pyridine rings is 1. The lowest BCUT2D eigenvalue weighted by Crippen LogP contribution is -2.36. The van der Waals surface area contributed by atoms with Crippen molar-refractivity contribution in [3.05, 3.63) is 34.9 Å². The van der Waals surface area contributed by atoms with Crippen LogP contribution in [0.4, 0.5) is 13.2 Å². The number of carboxylic acid groups (broad SMARTS) is 1. The van der Waals surface area contributed by atoms with Crippen molar-refractivity contribution in [2.45, 2.75) is 12.7 Å². The molecule has 1 aliphatic heterocycles. The van der Waals surface area contributed by atoms with Gasteiger partial charge in [0, 0.05) is 19.3 Å². The maximum atomic E-state index is 13.0. The number of halogens is 3. The van der Waals surface area contributed by atoms with Gasteiger partial charge in [-0.05, 0) is 12.1 Å². The number of rotatable bonds is 3. The van der Waals surface area contributed by atoms with Crippen LogP contribution in [0.3, 0.4) is 0 Å². The number of hydrogen-bond acceptors (Lipinski definition) is 4. The second-order valence-electron chi connectivity index (χ2n) is 5.76. The van der Waals surface area contributed by atoms with Crippen LogP contribution in [0.15, 0.2) is 29.2 Å². The van der Waals surface area contributed by atoms with Gasteiger partial charge in [-0.15, -0.1) is 5.10 Å². The number of aromatic nitrogens is 3. The molecule has 0 aliphatic carbocycles. The third-order valence-corrected chi connectivity index (χ3v) is 4.18. The molecular weight excluding hydrogens is 345 g/mol. The summed E-state index contributed by atoms with van der Waals surface area (Å²) in [4.78, 5) is 36.2. The van der Waals surface area contributed by atoms with Crippen LogP contribution in [0.1, 0.15) is 0 Å². The van der Waals surface area contributed by atoms with Gasteiger partial charge in [-0.25, -0.2) is 9.48 Å². The molecule has 3 heterocycles. The van der Waals surface area contributed by atoms with Crippen molar-refractivity contribution in [2.24, 2.45) is 11.8 Å².